The van der Waals surface area contributed by atoms with Crippen LogP contribution in [-0.4, -0.2) is 106 Å². The fourth-order valence-electron chi connectivity index (χ4n) is 3.73. The third kappa shape index (κ3) is 4.62. The molecule has 188 valence electrons. The second-order valence-corrected chi connectivity index (χ2v) is 8.15. The molecule has 13 heteroatoms. The van der Waals surface area contributed by atoms with Crippen molar-refractivity contribution in [2.45, 2.75) is 48.7 Å². The molecule has 0 radical (unpaired) electrons. The van der Waals surface area contributed by atoms with Crippen molar-refractivity contribution in [1.29, 1.82) is 0 Å². The Morgan fingerprint density at radius 2 is 1.82 bits per heavy atom. The molecule has 6 N–H and O–H groups in total. The van der Waals surface area contributed by atoms with Crippen LogP contribution in [0.3, 0.4) is 0 Å². The summed E-state index contributed by atoms with van der Waals surface area (Å²) in [5, 5.41) is 60.9. The summed E-state index contributed by atoms with van der Waals surface area (Å²) < 4.78 is 32.2. The van der Waals surface area contributed by atoms with Crippen LogP contribution in [0, 0.1) is 0 Å². The van der Waals surface area contributed by atoms with Crippen LogP contribution in [0.15, 0.2) is 33.5 Å². The summed E-state index contributed by atoms with van der Waals surface area (Å²) in [5.74, 6) is 0.246. The minimum atomic E-state index is -1.90. The van der Waals surface area contributed by atoms with Crippen LogP contribution in [0.1, 0.15) is 0 Å². The number of hydrogen-bond acceptors (Lipinski definition) is 13. The Kier molecular flexibility index (Phi) is 7.09. The number of benzene rings is 1. The molecule has 0 saturated carbocycles. The van der Waals surface area contributed by atoms with Crippen molar-refractivity contribution < 1.29 is 58.7 Å². The van der Waals surface area contributed by atoms with E-state index < -0.39 is 67.5 Å². The summed E-state index contributed by atoms with van der Waals surface area (Å²) in [6, 6.07) is 5.66. The van der Waals surface area contributed by atoms with Crippen LogP contribution in [0.5, 0.6) is 11.5 Å². The zero-order chi connectivity index (χ0) is 24.6. The lowest BCUT2D eigenvalue weighted by Crippen LogP contribution is -2.60. The van der Waals surface area contributed by atoms with E-state index in [0.717, 1.165) is 0 Å². The standard InChI is InChI=1S/C21H26O13/c1-29-11-4-9-2-3-14(23)32-10(9)5-12(11)33-19-17(26)16(25)15(24)13(34-19)6-30-20-18(27)21(28,7-22)8-31-20/h2-5,13,15-20,22,24-28H,6-8H2,1H3/t13-,15-,16+,17-,18+,19-,20?,21-/m1/s1. The highest BCUT2D eigenvalue weighted by Gasteiger charge is 2.50. The number of aliphatic hydroxyl groups excluding tert-OH is 5. The number of ether oxygens (including phenoxy) is 5. The van der Waals surface area contributed by atoms with Gasteiger partial charge in [-0.2, -0.15) is 0 Å². The van der Waals surface area contributed by atoms with E-state index in [0.29, 0.717) is 5.39 Å². The second-order valence-electron chi connectivity index (χ2n) is 8.15. The maximum Gasteiger partial charge on any atom is 0.336 e. The first-order valence-corrected chi connectivity index (χ1v) is 10.4. The lowest BCUT2D eigenvalue weighted by atomic mass is 9.99. The van der Waals surface area contributed by atoms with Gasteiger partial charge in [0, 0.05) is 17.5 Å². The van der Waals surface area contributed by atoms with Gasteiger partial charge in [-0.05, 0) is 12.1 Å². The topological polar surface area (TPSA) is 198 Å². The molecule has 3 heterocycles. The van der Waals surface area contributed by atoms with Gasteiger partial charge in [0.25, 0.3) is 0 Å². The zero-order valence-corrected chi connectivity index (χ0v) is 18.0. The minimum Gasteiger partial charge on any atom is -0.493 e. The predicted molar refractivity (Wildman–Crippen MR) is 110 cm³/mol. The summed E-state index contributed by atoms with van der Waals surface area (Å²) in [6.07, 6.45) is -10.6. The average molecular weight is 486 g/mol. The van der Waals surface area contributed by atoms with E-state index in [1.807, 2.05) is 0 Å². The number of rotatable bonds is 7. The Hall–Kier alpha value is -2.33. The van der Waals surface area contributed by atoms with E-state index in [2.05, 4.69) is 0 Å². The van der Waals surface area contributed by atoms with Crippen LogP contribution < -0.4 is 15.1 Å². The molecule has 13 nitrogen and oxygen atoms in total. The van der Waals surface area contributed by atoms with Crippen LogP contribution in [0.4, 0.5) is 0 Å². The first-order chi connectivity index (χ1) is 16.2. The smallest absolute Gasteiger partial charge is 0.336 e. The Balaban J connectivity index is 1.50. The van der Waals surface area contributed by atoms with E-state index >= 15 is 0 Å². The molecule has 1 aromatic heterocycles. The monoisotopic (exact) mass is 486 g/mol. The normalized spacial score (nSPS) is 36.0. The fourth-order valence-corrected chi connectivity index (χ4v) is 3.73. The van der Waals surface area contributed by atoms with Crippen LogP contribution in [-0.2, 0) is 14.2 Å². The van der Waals surface area contributed by atoms with Crippen molar-refractivity contribution in [3.63, 3.8) is 0 Å². The van der Waals surface area contributed by atoms with Crippen LogP contribution in [0.25, 0.3) is 11.0 Å². The summed E-state index contributed by atoms with van der Waals surface area (Å²) >= 11 is 0. The molecule has 2 aliphatic heterocycles. The maximum atomic E-state index is 11.5. The van der Waals surface area contributed by atoms with Crippen LogP contribution in [0.2, 0.25) is 0 Å². The van der Waals surface area contributed by atoms with Gasteiger partial charge < -0.3 is 58.7 Å². The first kappa shape index (κ1) is 24.8. The Labute approximate surface area is 192 Å². The molecule has 0 bridgehead atoms. The van der Waals surface area contributed by atoms with Gasteiger partial charge in [-0.15, -0.1) is 0 Å². The molecular weight excluding hydrogens is 460 g/mol. The number of methoxy groups -OCH3 is 1. The van der Waals surface area contributed by atoms with Crippen molar-refractivity contribution in [2.24, 2.45) is 0 Å². The molecule has 2 fully saturated rings. The fraction of sp³-hybridized carbons (Fsp3) is 0.571. The van der Waals surface area contributed by atoms with E-state index in [9.17, 15) is 35.4 Å². The van der Waals surface area contributed by atoms with E-state index in [4.69, 9.17) is 28.1 Å². The number of fused-ring (bicyclic) bond motifs is 1. The molecule has 0 spiro atoms. The molecule has 0 aliphatic carbocycles. The van der Waals surface area contributed by atoms with Gasteiger partial charge in [-0.1, -0.05) is 0 Å². The molecule has 8 atom stereocenters. The Morgan fingerprint density at radius 3 is 2.50 bits per heavy atom. The van der Waals surface area contributed by atoms with Gasteiger partial charge in [-0.25, -0.2) is 4.79 Å². The average Bonchev–Trinajstić information content (AvgIpc) is 3.12. The third-order valence-corrected chi connectivity index (χ3v) is 5.82. The van der Waals surface area contributed by atoms with Crippen molar-refractivity contribution in [3.05, 3.63) is 34.7 Å². The maximum absolute atomic E-state index is 11.5. The van der Waals surface area contributed by atoms with Crippen molar-refractivity contribution in [1.82, 2.24) is 0 Å². The number of hydrogen-bond donors (Lipinski definition) is 6. The van der Waals surface area contributed by atoms with E-state index in [1.165, 1.54) is 31.4 Å². The molecule has 2 saturated heterocycles. The van der Waals surface area contributed by atoms with Gasteiger partial charge in [0.15, 0.2) is 17.8 Å². The third-order valence-electron chi connectivity index (χ3n) is 5.82. The molecule has 2 aromatic rings. The molecule has 1 unspecified atom stereocenters. The Morgan fingerprint density at radius 1 is 1.06 bits per heavy atom. The predicted octanol–water partition coefficient (Wildman–Crippen LogP) is -2.55. The Bertz CT molecular complexity index is 1060. The highest BCUT2D eigenvalue weighted by molar-refractivity contribution is 5.80. The summed E-state index contributed by atoms with van der Waals surface area (Å²) in [5.41, 5.74) is -2.31. The lowest BCUT2D eigenvalue weighted by molar-refractivity contribution is -0.289. The largest absolute Gasteiger partial charge is 0.493 e. The van der Waals surface area contributed by atoms with Gasteiger partial charge in [0.2, 0.25) is 6.29 Å². The van der Waals surface area contributed by atoms with Gasteiger partial charge in [0.05, 0.1) is 26.9 Å². The minimum absolute atomic E-state index is 0.0271. The van der Waals surface area contributed by atoms with Crippen molar-refractivity contribution in [2.75, 3.05) is 26.9 Å². The lowest BCUT2D eigenvalue weighted by Gasteiger charge is -2.40. The highest BCUT2D eigenvalue weighted by atomic mass is 16.7. The van der Waals surface area contributed by atoms with Gasteiger partial charge in [0.1, 0.15) is 41.7 Å². The van der Waals surface area contributed by atoms with Crippen LogP contribution >= 0.6 is 0 Å². The zero-order valence-electron chi connectivity index (χ0n) is 18.0. The van der Waals surface area contributed by atoms with Gasteiger partial charge in [-0.3, -0.25) is 0 Å². The quantitative estimate of drug-likeness (QED) is 0.224. The summed E-state index contributed by atoms with van der Waals surface area (Å²) in [7, 11) is 1.38. The van der Waals surface area contributed by atoms with Crippen molar-refractivity contribution in [3.8, 4) is 11.5 Å². The summed E-state index contributed by atoms with van der Waals surface area (Å²) in [6.45, 7) is -1.57. The SMILES string of the molecule is COc1cc2ccc(=O)oc2cc1O[C@@H]1O[C@H](COC2OC[C@](O)(CO)[C@H]2O)[C@@H](O)[C@H](O)[C@H]1O. The van der Waals surface area contributed by atoms with Gasteiger partial charge >= 0.3 is 5.63 Å². The van der Waals surface area contributed by atoms with E-state index in [1.54, 1.807) is 0 Å². The molecule has 34 heavy (non-hydrogen) atoms. The first-order valence-electron chi connectivity index (χ1n) is 10.4. The molecule has 4 rings (SSSR count). The molecule has 2 aliphatic rings. The molecular formula is C21H26O13. The van der Waals surface area contributed by atoms with Crippen molar-refractivity contribution >= 4 is 11.0 Å². The number of aliphatic hydroxyl groups is 6. The molecule has 1 aromatic carbocycles. The van der Waals surface area contributed by atoms with E-state index in [-0.39, 0.29) is 23.7 Å². The summed E-state index contributed by atoms with van der Waals surface area (Å²) in [4.78, 5) is 11.5. The molecule has 0 amide bonds. The highest BCUT2D eigenvalue weighted by Crippen LogP contribution is 2.35. The second kappa shape index (κ2) is 9.73.